The summed E-state index contributed by atoms with van der Waals surface area (Å²) in [4.78, 5) is 14.9. The van der Waals surface area contributed by atoms with Crippen molar-refractivity contribution in [3.8, 4) is 0 Å². The van der Waals surface area contributed by atoms with E-state index in [9.17, 15) is 0 Å². The molecule has 5 heteroatoms. The highest BCUT2D eigenvalue weighted by atomic mass is 15.0. The summed E-state index contributed by atoms with van der Waals surface area (Å²) in [5.41, 5.74) is 0. The predicted octanol–water partition coefficient (Wildman–Crippen LogP) is 0.812. The van der Waals surface area contributed by atoms with Crippen molar-refractivity contribution in [2.24, 2.45) is 0 Å². The van der Waals surface area contributed by atoms with Gasteiger partial charge in [0.2, 0.25) is 0 Å². The number of nitrogens with one attached hydrogen (secondary N) is 2. The minimum atomic E-state index is 0.643. The van der Waals surface area contributed by atoms with Gasteiger partial charge in [-0.3, -0.25) is 0 Å². The van der Waals surface area contributed by atoms with Crippen LogP contribution in [-0.4, -0.2) is 19.9 Å². The molecule has 2 N–H and O–H groups in total. The third kappa shape index (κ3) is 2.02. The molecule has 5 nitrogen and oxygen atoms in total. The van der Waals surface area contributed by atoms with E-state index in [2.05, 4.69) is 25.3 Å². The lowest BCUT2D eigenvalue weighted by molar-refractivity contribution is 0.982. The normalized spacial score (nSPS) is 9.85. The van der Waals surface area contributed by atoms with Crippen molar-refractivity contribution >= 4 is 5.82 Å². The predicted molar refractivity (Wildman–Crippen MR) is 47.9 cm³/mol. The summed E-state index contributed by atoms with van der Waals surface area (Å²) in [5.74, 6) is 1.69. The number of anilines is 1. The van der Waals surface area contributed by atoms with Gasteiger partial charge in [-0.05, 0) is 6.07 Å². The van der Waals surface area contributed by atoms with E-state index in [1.54, 1.807) is 18.6 Å². The summed E-state index contributed by atoms with van der Waals surface area (Å²) >= 11 is 0. The molecule has 0 unspecified atom stereocenters. The number of aromatic amines is 1. The number of imidazole rings is 1. The number of nitrogens with zero attached hydrogens (tertiary/aromatic N) is 3. The lowest BCUT2D eigenvalue weighted by Gasteiger charge is -2.00. The lowest BCUT2D eigenvalue weighted by atomic mass is 10.5. The molecule has 0 aliphatic rings. The largest absolute Gasteiger partial charge is 0.363 e. The van der Waals surface area contributed by atoms with Gasteiger partial charge in [0.25, 0.3) is 0 Å². The minimum Gasteiger partial charge on any atom is -0.363 e. The Balaban J connectivity index is 1.94. The number of aromatic nitrogens is 4. The molecule has 2 aromatic rings. The van der Waals surface area contributed by atoms with Crippen LogP contribution in [0.3, 0.4) is 0 Å². The summed E-state index contributed by atoms with van der Waals surface area (Å²) in [6.45, 7) is 0.643. The fraction of sp³-hybridized carbons (Fsp3) is 0.125. The average molecular weight is 175 g/mol. The van der Waals surface area contributed by atoms with Crippen LogP contribution in [-0.2, 0) is 6.54 Å². The van der Waals surface area contributed by atoms with E-state index in [1.165, 1.54) is 6.33 Å². The summed E-state index contributed by atoms with van der Waals surface area (Å²) < 4.78 is 0. The van der Waals surface area contributed by atoms with Gasteiger partial charge in [0.15, 0.2) is 0 Å². The van der Waals surface area contributed by atoms with Crippen LogP contribution in [0.5, 0.6) is 0 Å². The van der Waals surface area contributed by atoms with Crippen molar-refractivity contribution in [2.75, 3.05) is 5.32 Å². The Labute approximate surface area is 75.3 Å². The van der Waals surface area contributed by atoms with Crippen LogP contribution in [0.4, 0.5) is 5.82 Å². The van der Waals surface area contributed by atoms with E-state index in [4.69, 9.17) is 0 Å². The summed E-state index contributed by atoms with van der Waals surface area (Å²) in [7, 11) is 0. The Hall–Kier alpha value is -1.91. The Morgan fingerprint density at radius 2 is 2.31 bits per heavy atom. The summed E-state index contributed by atoms with van der Waals surface area (Å²) in [6, 6.07) is 1.81. The molecule has 0 radical (unpaired) electrons. The van der Waals surface area contributed by atoms with Crippen molar-refractivity contribution in [3.05, 3.63) is 36.8 Å². The van der Waals surface area contributed by atoms with E-state index in [-0.39, 0.29) is 0 Å². The van der Waals surface area contributed by atoms with Crippen LogP contribution in [0, 0.1) is 0 Å². The molecule has 0 bridgehead atoms. The molecule has 0 fully saturated rings. The first-order valence-corrected chi connectivity index (χ1v) is 3.93. The molecule has 2 aromatic heterocycles. The molecule has 66 valence electrons. The summed E-state index contributed by atoms with van der Waals surface area (Å²) in [5, 5.41) is 3.10. The molecule has 0 spiro atoms. The van der Waals surface area contributed by atoms with Gasteiger partial charge >= 0.3 is 0 Å². The second kappa shape index (κ2) is 3.66. The van der Waals surface area contributed by atoms with Crippen molar-refractivity contribution < 1.29 is 0 Å². The van der Waals surface area contributed by atoms with Crippen molar-refractivity contribution in [3.63, 3.8) is 0 Å². The first-order chi connectivity index (χ1) is 6.45. The Kier molecular flexibility index (Phi) is 2.18. The van der Waals surface area contributed by atoms with Gasteiger partial charge in [-0.15, -0.1) is 0 Å². The topological polar surface area (TPSA) is 66.5 Å². The third-order valence-electron chi connectivity index (χ3n) is 1.57. The highest BCUT2D eigenvalue weighted by Crippen LogP contribution is 1.99. The quantitative estimate of drug-likeness (QED) is 0.724. The minimum absolute atomic E-state index is 0.643. The molecule has 0 aromatic carbocycles. The maximum Gasteiger partial charge on any atom is 0.129 e. The van der Waals surface area contributed by atoms with Crippen LogP contribution in [0.15, 0.2) is 31.0 Å². The van der Waals surface area contributed by atoms with Gasteiger partial charge in [0.05, 0.1) is 6.54 Å². The Morgan fingerprint density at radius 3 is 3.00 bits per heavy atom. The number of hydrogen-bond acceptors (Lipinski definition) is 4. The third-order valence-corrected chi connectivity index (χ3v) is 1.57. The molecule has 0 atom stereocenters. The SMILES string of the molecule is c1cc(NCc2ncc[nH]2)ncn1. The van der Waals surface area contributed by atoms with E-state index in [0.717, 1.165) is 11.6 Å². The molecule has 2 heterocycles. The highest BCUT2D eigenvalue weighted by molar-refractivity contribution is 5.31. The fourth-order valence-corrected chi connectivity index (χ4v) is 0.964. The number of H-pyrrole nitrogens is 1. The standard InChI is InChI=1S/C8H9N5/c1-2-9-6-13-7(1)12-5-8-10-3-4-11-8/h1-4,6H,5H2,(H,10,11)(H,9,12,13). The van der Waals surface area contributed by atoms with Gasteiger partial charge in [0, 0.05) is 18.6 Å². The number of hydrogen-bond donors (Lipinski definition) is 2. The zero-order valence-electron chi connectivity index (χ0n) is 6.94. The summed E-state index contributed by atoms with van der Waals surface area (Å²) in [6.07, 6.45) is 6.70. The fourth-order valence-electron chi connectivity index (χ4n) is 0.964. The molecule has 0 saturated heterocycles. The van der Waals surface area contributed by atoms with E-state index < -0.39 is 0 Å². The van der Waals surface area contributed by atoms with E-state index >= 15 is 0 Å². The first-order valence-electron chi connectivity index (χ1n) is 3.93. The lowest BCUT2D eigenvalue weighted by Crippen LogP contribution is -2.02. The van der Waals surface area contributed by atoms with Crippen LogP contribution < -0.4 is 5.32 Å². The van der Waals surface area contributed by atoms with Gasteiger partial charge in [-0.1, -0.05) is 0 Å². The first kappa shape index (κ1) is 7.72. The van der Waals surface area contributed by atoms with Crippen LogP contribution in [0.1, 0.15) is 5.82 Å². The second-order valence-electron chi connectivity index (χ2n) is 2.48. The van der Waals surface area contributed by atoms with Gasteiger partial charge < -0.3 is 10.3 Å². The van der Waals surface area contributed by atoms with Crippen molar-refractivity contribution in [2.45, 2.75) is 6.54 Å². The highest BCUT2D eigenvalue weighted by Gasteiger charge is 1.94. The van der Waals surface area contributed by atoms with Crippen molar-refractivity contribution in [1.82, 2.24) is 19.9 Å². The van der Waals surface area contributed by atoms with Crippen molar-refractivity contribution in [1.29, 1.82) is 0 Å². The monoisotopic (exact) mass is 175 g/mol. The Morgan fingerprint density at radius 1 is 1.31 bits per heavy atom. The molecular formula is C8H9N5. The van der Waals surface area contributed by atoms with Crippen LogP contribution in [0.25, 0.3) is 0 Å². The van der Waals surface area contributed by atoms with E-state index in [0.29, 0.717) is 6.54 Å². The second-order valence-corrected chi connectivity index (χ2v) is 2.48. The maximum atomic E-state index is 4.07. The molecule has 0 saturated carbocycles. The van der Waals surface area contributed by atoms with Gasteiger partial charge in [-0.2, -0.15) is 0 Å². The average Bonchev–Trinajstić information content (AvgIpc) is 2.69. The molecule has 0 aliphatic heterocycles. The zero-order chi connectivity index (χ0) is 8.93. The molecule has 0 amide bonds. The van der Waals surface area contributed by atoms with Crippen LogP contribution in [0.2, 0.25) is 0 Å². The zero-order valence-corrected chi connectivity index (χ0v) is 6.94. The van der Waals surface area contributed by atoms with E-state index in [1.807, 2.05) is 6.07 Å². The maximum absolute atomic E-state index is 4.07. The van der Waals surface area contributed by atoms with Gasteiger partial charge in [0.1, 0.15) is 18.0 Å². The smallest absolute Gasteiger partial charge is 0.129 e. The molecule has 13 heavy (non-hydrogen) atoms. The molecular weight excluding hydrogens is 166 g/mol. The van der Waals surface area contributed by atoms with Crippen LogP contribution >= 0.6 is 0 Å². The molecule has 0 aliphatic carbocycles. The molecule has 2 rings (SSSR count). The van der Waals surface area contributed by atoms with Gasteiger partial charge in [-0.25, -0.2) is 15.0 Å². The number of rotatable bonds is 3. The Bertz CT molecular complexity index is 342.